The molecule has 0 aliphatic carbocycles. The molecule has 1 unspecified atom stereocenters. The fourth-order valence-electron chi connectivity index (χ4n) is 2.69. The van der Waals surface area contributed by atoms with Gasteiger partial charge in [-0.2, -0.15) is 5.10 Å². The Morgan fingerprint density at radius 3 is 2.69 bits per heavy atom. The van der Waals surface area contributed by atoms with Gasteiger partial charge < -0.3 is 14.5 Å². The maximum atomic E-state index is 12.2. The highest BCUT2D eigenvalue weighted by Crippen LogP contribution is 2.20. The first kappa shape index (κ1) is 18.1. The lowest BCUT2D eigenvalue weighted by atomic mass is 10.2. The highest BCUT2D eigenvalue weighted by atomic mass is 35.5. The second-order valence-corrected chi connectivity index (χ2v) is 6.39. The molecule has 0 saturated carbocycles. The third-order valence-electron chi connectivity index (χ3n) is 3.89. The number of aromatic nitrogens is 2. The van der Waals surface area contributed by atoms with Crippen molar-refractivity contribution in [1.82, 2.24) is 15.1 Å². The zero-order chi connectivity index (χ0) is 18.5. The SMILES string of the molecule is Cc1cc(C)n(C(CNC(=O)COc2ccc(Cl)cc2)c2ccco2)n1. The van der Waals surface area contributed by atoms with E-state index >= 15 is 0 Å². The standard InChI is InChI=1S/C19H20ClN3O3/c1-13-10-14(2)23(22-13)17(18-4-3-9-25-18)11-21-19(24)12-26-16-7-5-15(20)6-8-16/h3-10,17H,11-12H2,1-2H3,(H,21,24). The van der Waals surface area contributed by atoms with Crippen LogP contribution in [-0.4, -0.2) is 28.8 Å². The number of halogens is 1. The molecule has 0 bridgehead atoms. The average Bonchev–Trinajstić information content (AvgIpc) is 3.25. The minimum absolute atomic E-state index is 0.0797. The van der Waals surface area contributed by atoms with E-state index in [1.807, 2.05) is 36.7 Å². The molecule has 2 aromatic heterocycles. The fraction of sp³-hybridized carbons (Fsp3) is 0.263. The maximum Gasteiger partial charge on any atom is 0.258 e. The highest BCUT2D eigenvalue weighted by Gasteiger charge is 2.20. The second kappa shape index (κ2) is 8.10. The van der Waals surface area contributed by atoms with Crippen molar-refractivity contribution in [2.24, 2.45) is 0 Å². The van der Waals surface area contributed by atoms with Crippen LogP contribution in [0.15, 0.2) is 53.1 Å². The molecule has 6 nitrogen and oxygen atoms in total. The molecule has 7 heteroatoms. The van der Waals surface area contributed by atoms with Crippen LogP contribution in [0.25, 0.3) is 0 Å². The number of carbonyl (C=O) groups is 1. The van der Waals surface area contributed by atoms with Gasteiger partial charge in [0.1, 0.15) is 17.6 Å². The van der Waals surface area contributed by atoms with Gasteiger partial charge >= 0.3 is 0 Å². The Balaban J connectivity index is 1.61. The van der Waals surface area contributed by atoms with Gasteiger partial charge in [-0.3, -0.25) is 9.48 Å². The summed E-state index contributed by atoms with van der Waals surface area (Å²) in [4.78, 5) is 12.2. The van der Waals surface area contributed by atoms with Gasteiger partial charge in [-0.15, -0.1) is 0 Å². The Labute approximate surface area is 156 Å². The topological polar surface area (TPSA) is 69.3 Å². The molecule has 1 amide bonds. The molecule has 0 saturated heterocycles. The third-order valence-corrected chi connectivity index (χ3v) is 4.14. The van der Waals surface area contributed by atoms with Crippen molar-refractivity contribution >= 4 is 17.5 Å². The van der Waals surface area contributed by atoms with E-state index < -0.39 is 0 Å². The quantitative estimate of drug-likeness (QED) is 0.687. The van der Waals surface area contributed by atoms with E-state index in [1.54, 1.807) is 30.5 Å². The van der Waals surface area contributed by atoms with Gasteiger partial charge in [0.05, 0.1) is 12.0 Å². The summed E-state index contributed by atoms with van der Waals surface area (Å²) in [6.07, 6.45) is 1.61. The van der Waals surface area contributed by atoms with Gasteiger partial charge in [-0.25, -0.2) is 0 Å². The van der Waals surface area contributed by atoms with Crippen LogP contribution in [0.4, 0.5) is 0 Å². The van der Waals surface area contributed by atoms with Crippen LogP contribution in [0.3, 0.4) is 0 Å². The number of benzene rings is 1. The fourth-order valence-corrected chi connectivity index (χ4v) is 2.82. The molecule has 1 N–H and O–H groups in total. The number of rotatable bonds is 7. The Morgan fingerprint density at radius 1 is 1.31 bits per heavy atom. The second-order valence-electron chi connectivity index (χ2n) is 5.95. The van der Waals surface area contributed by atoms with Gasteiger partial charge in [-0.05, 0) is 56.3 Å². The Bertz CT molecular complexity index is 857. The number of hydrogen-bond acceptors (Lipinski definition) is 4. The Morgan fingerprint density at radius 2 is 2.08 bits per heavy atom. The van der Waals surface area contributed by atoms with E-state index in [-0.39, 0.29) is 18.6 Å². The van der Waals surface area contributed by atoms with E-state index in [9.17, 15) is 4.79 Å². The molecule has 0 spiro atoms. The highest BCUT2D eigenvalue weighted by molar-refractivity contribution is 6.30. The molecule has 1 aromatic carbocycles. The van der Waals surface area contributed by atoms with E-state index in [0.717, 1.165) is 17.1 Å². The minimum Gasteiger partial charge on any atom is -0.484 e. The molecular weight excluding hydrogens is 354 g/mol. The van der Waals surface area contributed by atoms with Crippen LogP contribution in [0.5, 0.6) is 5.75 Å². The zero-order valence-corrected chi connectivity index (χ0v) is 15.4. The third kappa shape index (κ3) is 4.46. The number of carbonyl (C=O) groups excluding carboxylic acids is 1. The number of nitrogens with one attached hydrogen (secondary N) is 1. The average molecular weight is 374 g/mol. The maximum absolute atomic E-state index is 12.2. The lowest BCUT2D eigenvalue weighted by Crippen LogP contribution is -2.35. The Kier molecular flexibility index (Phi) is 5.63. The molecule has 26 heavy (non-hydrogen) atoms. The van der Waals surface area contributed by atoms with Gasteiger partial charge in [0.2, 0.25) is 0 Å². The first-order valence-electron chi connectivity index (χ1n) is 8.24. The number of aryl methyl sites for hydroxylation is 2. The van der Waals surface area contributed by atoms with E-state index in [2.05, 4.69) is 10.4 Å². The molecule has 0 aliphatic rings. The van der Waals surface area contributed by atoms with Crippen LogP contribution in [0, 0.1) is 13.8 Å². The number of hydrogen-bond donors (Lipinski definition) is 1. The van der Waals surface area contributed by atoms with Crippen molar-refractivity contribution in [3.63, 3.8) is 0 Å². The summed E-state index contributed by atoms with van der Waals surface area (Å²) in [5.41, 5.74) is 1.91. The summed E-state index contributed by atoms with van der Waals surface area (Å²) in [6, 6.07) is 12.3. The molecule has 0 radical (unpaired) electrons. The van der Waals surface area contributed by atoms with Gasteiger partial charge in [0.15, 0.2) is 6.61 Å². The lowest BCUT2D eigenvalue weighted by molar-refractivity contribution is -0.123. The van der Waals surface area contributed by atoms with Crippen molar-refractivity contribution in [2.75, 3.05) is 13.2 Å². The van der Waals surface area contributed by atoms with Crippen LogP contribution in [0.1, 0.15) is 23.2 Å². The summed E-state index contributed by atoms with van der Waals surface area (Å²) < 4.78 is 12.8. The predicted octanol–water partition coefficient (Wildman–Crippen LogP) is 3.53. The summed E-state index contributed by atoms with van der Waals surface area (Å²) in [5.74, 6) is 1.10. The Hall–Kier alpha value is -2.73. The number of ether oxygens (including phenoxy) is 1. The van der Waals surface area contributed by atoms with Crippen LogP contribution in [-0.2, 0) is 4.79 Å². The van der Waals surface area contributed by atoms with Crippen LogP contribution < -0.4 is 10.1 Å². The number of nitrogens with zero attached hydrogens (tertiary/aromatic N) is 2. The molecule has 3 aromatic rings. The monoisotopic (exact) mass is 373 g/mol. The molecule has 2 heterocycles. The van der Waals surface area contributed by atoms with E-state index in [1.165, 1.54) is 0 Å². The lowest BCUT2D eigenvalue weighted by Gasteiger charge is -2.18. The van der Waals surface area contributed by atoms with E-state index in [0.29, 0.717) is 17.3 Å². The van der Waals surface area contributed by atoms with Crippen LogP contribution in [0.2, 0.25) is 5.02 Å². The summed E-state index contributed by atoms with van der Waals surface area (Å²) >= 11 is 5.83. The van der Waals surface area contributed by atoms with Crippen molar-refractivity contribution in [3.05, 3.63) is 70.9 Å². The summed E-state index contributed by atoms with van der Waals surface area (Å²) in [7, 11) is 0. The van der Waals surface area contributed by atoms with E-state index in [4.69, 9.17) is 20.8 Å². The van der Waals surface area contributed by atoms with Crippen molar-refractivity contribution in [1.29, 1.82) is 0 Å². The van der Waals surface area contributed by atoms with Gasteiger partial charge in [0.25, 0.3) is 5.91 Å². The largest absolute Gasteiger partial charge is 0.484 e. The normalized spacial score (nSPS) is 12.0. The van der Waals surface area contributed by atoms with Gasteiger partial charge in [-0.1, -0.05) is 11.6 Å². The molecule has 1 atom stereocenters. The van der Waals surface area contributed by atoms with Crippen LogP contribution >= 0.6 is 11.6 Å². The van der Waals surface area contributed by atoms with Crippen molar-refractivity contribution < 1.29 is 13.9 Å². The summed E-state index contributed by atoms with van der Waals surface area (Å²) in [5, 5.41) is 8.00. The molecule has 136 valence electrons. The van der Waals surface area contributed by atoms with Crippen molar-refractivity contribution in [3.8, 4) is 5.75 Å². The predicted molar refractivity (Wildman–Crippen MR) is 98.5 cm³/mol. The summed E-state index contributed by atoms with van der Waals surface area (Å²) in [6.45, 7) is 4.17. The molecule has 3 rings (SSSR count). The molecule has 0 aliphatic heterocycles. The molecular formula is C19H20ClN3O3. The van der Waals surface area contributed by atoms with Gasteiger partial charge in [0, 0.05) is 17.3 Å². The zero-order valence-electron chi connectivity index (χ0n) is 14.6. The number of furan rings is 1. The first-order chi connectivity index (χ1) is 12.5. The minimum atomic E-state index is -0.224. The van der Waals surface area contributed by atoms with Crippen molar-refractivity contribution in [2.45, 2.75) is 19.9 Å². The first-order valence-corrected chi connectivity index (χ1v) is 8.62. The number of amides is 1. The molecule has 0 fully saturated rings. The smallest absolute Gasteiger partial charge is 0.258 e.